The van der Waals surface area contributed by atoms with E-state index in [1.807, 2.05) is 24.3 Å². The number of nitrogen functional groups attached to an aromatic ring is 1. The minimum Gasteiger partial charge on any atom is -0.494 e. The van der Waals surface area contributed by atoms with E-state index in [0.717, 1.165) is 33.5 Å². The fraction of sp³-hybridized carbons (Fsp3) is 0.294. The Morgan fingerprint density at radius 3 is 2.67 bits per heavy atom. The maximum Gasteiger partial charge on any atom is 0.119 e. The van der Waals surface area contributed by atoms with Crippen molar-refractivity contribution in [3.05, 3.63) is 52.5 Å². The molecule has 0 aliphatic heterocycles. The number of anilines is 1. The Balaban J connectivity index is 1.75. The summed E-state index contributed by atoms with van der Waals surface area (Å²) in [6.07, 6.45) is 0.962. The Hall–Kier alpha value is -1.32. The summed E-state index contributed by atoms with van der Waals surface area (Å²) in [7, 11) is 0. The number of hydrogen-bond donors (Lipinski definition) is 1. The summed E-state index contributed by atoms with van der Waals surface area (Å²) in [4.78, 5) is 1.04. The second kappa shape index (κ2) is 7.62. The van der Waals surface area contributed by atoms with Gasteiger partial charge in [-0.05, 0) is 61.7 Å². The van der Waals surface area contributed by atoms with E-state index >= 15 is 0 Å². The van der Waals surface area contributed by atoms with Crippen molar-refractivity contribution in [2.24, 2.45) is 0 Å². The first kappa shape index (κ1) is 16.1. The van der Waals surface area contributed by atoms with Crippen molar-refractivity contribution in [1.82, 2.24) is 0 Å². The Bertz CT molecular complexity index is 616. The van der Waals surface area contributed by atoms with E-state index in [0.29, 0.717) is 6.61 Å². The molecule has 0 aliphatic rings. The van der Waals surface area contributed by atoms with Gasteiger partial charge in [0.2, 0.25) is 0 Å². The molecular weight excluding hydrogens is 302 g/mol. The van der Waals surface area contributed by atoms with Gasteiger partial charge < -0.3 is 10.5 Å². The van der Waals surface area contributed by atoms with Crippen molar-refractivity contribution < 1.29 is 4.74 Å². The second-order valence-electron chi connectivity index (χ2n) is 4.98. The lowest BCUT2D eigenvalue weighted by Crippen LogP contribution is -1.99. The lowest BCUT2D eigenvalue weighted by Gasteiger charge is -2.09. The minimum atomic E-state index is 0.704. The van der Waals surface area contributed by atoms with Crippen LogP contribution in [0.1, 0.15) is 17.5 Å². The minimum absolute atomic E-state index is 0.704. The molecule has 0 amide bonds. The Morgan fingerprint density at radius 1 is 1.10 bits per heavy atom. The van der Waals surface area contributed by atoms with E-state index in [4.69, 9.17) is 22.1 Å². The molecule has 112 valence electrons. The maximum atomic E-state index is 5.97. The monoisotopic (exact) mass is 321 g/mol. The standard InChI is InChI=1S/C17H20ClNOS/c1-12-4-6-15(10-13(12)2)20-8-3-9-21-17-11-14(18)5-7-16(17)19/h4-7,10-11H,3,8-9,19H2,1-2H3. The van der Waals surface area contributed by atoms with Crippen LogP contribution in [0.2, 0.25) is 5.02 Å². The molecule has 0 saturated heterocycles. The predicted octanol–water partition coefficient (Wildman–Crippen LogP) is 5.10. The summed E-state index contributed by atoms with van der Waals surface area (Å²) >= 11 is 7.68. The molecule has 0 unspecified atom stereocenters. The van der Waals surface area contributed by atoms with E-state index < -0.39 is 0 Å². The van der Waals surface area contributed by atoms with Gasteiger partial charge in [-0.2, -0.15) is 0 Å². The molecule has 0 saturated carbocycles. The van der Waals surface area contributed by atoms with Crippen molar-refractivity contribution in [3.8, 4) is 5.75 Å². The van der Waals surface area contributed by atoms with Gasteiger partial charge in [0.25, 0.3) is 0 Å². The third kappa shape index (κ3) is 4.87. The van der Waals surface area contributed by atoms with Crippen LogP contribution in [0.4, 0.5) is 5.69 Å². The molecule has 0 fully saturated rings. The summed E-state index contributed by atoms with van der Waals surface area (Å²) < 4.78 is 5.76. The zero-order valence-corrected chi connectivity index (χ0v) is 13.9. The van der Waals surface area contributed by atoms with E-state index in [9.17, 15) is 0 Å². The average Bonchev–Trinajstić information content (AvgIpc) is 2.46. The van der Waals surface area contributed by atoms with Crippen LogP contribution < -0.4 is 10.5 Å². The van der Waals surface area contributed by atoms with Crippen molar-refractivity contribution >= 4 is 29.1 Å². The fourth-order valence-electron chi connectivity index (χ4n) is 1.87. The molecule has 0 atom stereocenters. The van der Waals surface area contributed by atoms with Gasteiger partial charge in [-0.25, -0.2) is 0 Å². The van der Waals surface area contributed by atoms with Crippen LogP contribution in [0.15, 0.2) is 41.3 Å². The lowest BCUT2D eigenvalue weighted by molar-refractivity contribution is 0.318. The third-order valence-electron chi connectivity index (χ3n) is 3.27. The highest BCUT2D eigenvalue weighted by molar-refractivity contribution is 7.99. The molecule has 2 nitrogen and oxygen atoms in total. The molecule has 2 rings (SSSR count). The molecule has 21 heavy (non-hydrogen) atoms. The number of nitrogens with two attached hydrogens (primary N) is 1. The summed E-state index contributed by atoms with van der Waals surface area (Å²) in [5, 5.41) is 0.720. The zero-order valence-electron chi connectivity index (χ0n) is 12.4. The molecule has 4 heteroatoms. The molecule has 0 heterocycles. The first-order valence-electron chi connectivity index (χ1n) is 6.94. The Labute approximate surface area is 135 Å². The van der Waals surface area contributed by atoms with Crippen molar-refractivity contribution in [1.29, 1.82) is 0 Å². The van der Waals surface area contributed by atoms with Crippen LogP contribution in [0.3, 0.4) is 0 Å². The lowest BCUT2D eigenvalue weighted by atomic mass is 10.1. The smallest absolute Gasteiger partial charge is 0.119 e. The quantitative estimate of drug-likeness (QED) is 0.456. The average molecular weight is 322 g/mol. The van der Waals surface area contributed by atoms with Gasteiger partial charge in [0.05, 0.1) is 6.61 Å². The van der Waals surface area contributed by atoms with Gasteiger partial charge in [-0.15, -0.1) is 11.8 Å². The number of halogens is 1. The summed E-state index contributed by atoms with van der Waals surface area (Å²) in [6.45, 7) is 4.90. The largest absolute Gasteiger partial charge is 0.494 e. The normalized spacial score (nSPS) is 10.6. The molecule has 0 spiro atoms. The topological polar surface area (TPSA) is 35.2 Å². The van der Waals surface area contributed by atoms with Crippen molar-refractivity contribution in [2.75, 3.05) is 18.1 Å². The summed E-state index contributed by atoms with van der Waals surface area (Å²) in [5.41, 5.74) is 9.24. The number of aryl methyl sites for hydroxylation is 2. The van der Waals surface area contributed by atoms with Crippen LogP contribution in [-0.4, -0.2) is 12.4 Å². The van der Waals surface area contributed by atoms with Crippen molar-refractivity contribution in [2.45, 2.75) is 25.2 Å². The van der Waals surface area contributed by atoms with Crippen molar-refractivity contribution in [3.63, 3.8) is 0 Å². The molecule has 0 radical (unpaired) electrons. The number of ether oxygens (including phenoxy) is 1. The van der Waals surface area contributed by atoms with Gasteiger partial charge in [-0.3, -0.25) is 0 Å². The molecule has 2 N–H and O–H groups in total. The molecule has 2 aromatic carbocycles. The number of thioether (sulfide) groups is 1. The molecular formula is C17H20ClNOS. The van der Waals surface area contributed by atoms with E-state index in [1.165, 1.54) is 11.1 Å². The van der Waals surface area contributed by atoms with E-state index in [2.05, 4.69) is 26.0 Å². The first-order chi connectivity index (χ1) is 10.1. The van der Waals surface area contributed by atoms with E-state index in [1.54, 1.807) is 11.8 Å². The van der Waals surface area contributed by atoms with Gasteiger partial charge >= 0.3 is 0 Å². The molecule has 0 aromatic heterocycles. The highest BCUT2D eigenvalue weighted by atomic mass is 35.5. The Morgan fingerprint density at radius 2 is 1.90 bits per heavy atom. The molecule has 0 aliphatic carbocycles. The first-order valence-corrected chi connectivity index (χ1v) is 8.30. The number of rotatable bonds is 6. The zero-order chi connectivity index (χ0) is 15.2. The van der Waals surface area contributed by atoms with Gasteiger partial charge in [0.1, 0.15) is 5.75 Å². The van der Waals surface area contributed by atoms with E-state index in [-0.39, 0.29) is 0 Å². The SMILES string of the molecule is Cc1ccc(OCCCSc2cc(Cl)ccc2N)cc1C. The number of benzene rings is 2. The van der Waals surface area contributed by atoms with Gasteiger partial charge in [0, 0.05) is 21.4 Å². The Kier molecular flexibility index (Phi) is 5.83. The summed E-state index contributed by atoms with van der Waals surface area (Å²) in [5.74, 6) is 1.89. The molecule has 0 bridgehead atoms. The molecule has 2 aromatic rings. The fourth-order valence-corrected chi connectivity index (χ4v) is 3.03. The predicted molar refractivity (Wildman–Crippen MR) is 92.6 cm³/mol. The van der Waals surface area contributed by atoms with Crippen LogP contribution >= 0.6 is 23.4 Å². The van der Waals surface area contributed by atoms with Gasteiger partial charge in [-0.1, -0.05) is 17.7 Å². The summed E-state index contributed by atoms with van der Waals surface area (Å²) in [6, 6.07) is 11.7. The van der Waals surface area contributed by atoms with Crippen LogP contribution in [0, 0.1) is 13.8 Å². The maximum absolute atomic E-state index is 5.97. The van der Waals surface area contributed by atoms with Crippen LogP contribution in [0.5, 0.6) is 5.75 Å². The number of hydrogen-bond acceptors (Lipinski definition) is 3. The highest BCUT2D eigenvalue weighted by Gasteiger charge is 2.02. The second-order valence-corrected chi connectivity index (χ2v) is 6.55. The van der Waals surface area contributed by atoms with Crippen LogP contribution in [-0.2, 0) is 0 Å². The van der Waals surface area contributed by atoms with Gasteiger partial charge in [0.15, 0.2) is 0 Å². The van der Waals surface area contributed by atoms with Crippen LogP contribution in [0.25, 0.3) is 0 Å². The highest BCUT2D eigenvalue weighted by Crippen LogP contribution is 2.28. The third-order valence-corrected chi connectivity index (χ3v) is 4.66.